The van der Waals surface area contributed by atoms with Gasteiger partial charge in [0.05, 0.1) is 5.70 Å². The first-order valence-electron chi connectivity index (χ1n) is 7.96. The molecule has 0 amide bonds. The fourth-order valence-corrected chi connectivity index (χ4v) is 3.05. The Kier molecular flexibility index (Phi) is 3.87. The zero-order valence-corrected chi connectivity index (χ0v) is 14.2. The van der Waals surface area contributed by atoms with E-state index in [0.717, 1.165) is 16.8 Å². The summed E-state index contributed by atoms with van der Waals surface area (Å²) in [5.41, 5.74) is 5.31. The number of benzene rings is 2. The third kappa shape index (κ3) is 2.66. The normalized spacial score (nSPS) is 13.2. The van der Waals surface area contributed by atoms with Gasteiger partial charge in [0.25, 0.3) is 0 Å². The number of hydrogen-bond donors (Lipinski definition) is 0. The Morgan fingerprint density at radius 3 is 2.17 bits per heavy atom. The average Bonchev–Trinajstić information content (AvgIpc) is 2.95. The van der Waals surface area contributed by atoms with Gasteiger partial charge < -0.3 is 4.90 Å². The van der Waals surface area contributed by atoms with Crippen LogP contribution in [0.4, 0.5) is 5.69 Å². The van der Waals surface area contributed by atoms with Gasteiger partial charge in [-0.2, -0.15) is 10.5 Å². The van der Waals surface area contributed by atoms with Crippen LogP contribution in [0.2, 0.25) is 0 Å². The van der Waals surface area contributed by atoms with E-state index in [9.17, 15) is 10.5 Å². The molecule has 1 aliphatic rings. The van der Waals surface area contributed by atoms with Crippen molar-refractivity contribution < 1.29 is 0 Å². The summed E-state index contributed by atoms with van der Waals surface area (Å²) in [6.45, 7) is 7.22. The van der Waals surface area contributed by atoms with Crippen LogP contribution in [0.25, 0.3) is 5.70 Å². The summed E-state index contributed by atoms with van der Waals surface area (Å²) < 4.78 is 0. The lowest BCUT2D eigenvalue weighted by atomic mass is 9.87. The molecule has 1 aliphatic heterocycles. The van der Waals surface area contributed by atoms with E-state index in [0.29, 0.717) is 12.2 Å². The van der Waals surface area contributed by atoms with Gasteiger partial charge in [-0.15, -0.1) is 0 Å². The van der Waals surface area contributed by atoms with E-state index in [1.165, 1.54) is 5.56 Å². The number of anilines is 1. The molecule has 0 aromatic heterocycles. The van der Waals surface area contributed by atoms with Gasteiger partial charge in [0.15, 0.2) is 5.57 Å². The molecule has 2 aromatic rings. The monoisotopic (exact) mass is 313 g/mol. The molecule has 0 N–H and O–H groups in total. The highest BCUT2D eigenvalue weighted by Gasteiger charge is 2.28. The maximum atomic E-state index is 9.37. The van der Waals surface area contributed by atoms with Crippen molar-refractivity contribution in [3.63, 3.8) is 0 Å². The Morgan fingerprint density at radius 1 is 0.958 bits per heavy atom. The molecule has 0 unspecified atom stereocenters. The predicted octanol–water partition coefficient (Wildman–Crippen LogP) is 4.76. The summed E-state index contributed by atoms with van der Waals surface area (Å²) in [7, 11) is 0. The molecule has 3 rings (SSSR count). The Bertz CT molecular complexity index is 868. The number of hydrogen-bond acceptors (Lipinski definition) is 3. The zero-order valence-electron chi connectivity index (χ0n) is 14.2. The number of nitriles is 2. The van der Waals surface area contributed by atoms with Gasteiger partial charge in [0, 0.05) is 17.8 Å². The lowest BCUT2D eigenvalue weighted by Crippen LogP contribution is -2.16. The van der Waals surface area contributed by atoms with E-state index in [1.54, 1.807) is 0 Å². The molecule has 118 valence electrons. The number of nitrogens with zero attached hydrogens (tertiary/aromatic N) is 3. The first kappa shape index (κ1) is 15.8. The quantitative estimate of drug-likeness (QED) is 0.713. The Hall–Kier alpha value is -3.04. The van der Waals surface area contributed by atoms with Gasteiger partial charge in [0.2, 0.25) is 0 Å². The van der Waals surface area contributed by atoms with Crippen molar-refractivity contribution in [1.29, 1.82) is 10.5 Å². The van der Waals surface area contributed by atoms with E-state index in [4.69, 9.17) is 0 Å². The molecule has 0 bridgehead atoms. The maximum absolute atomic E-state index is 9.37. The molecule has 0 saturated heterocycles. The zero-order chi connectivity index (χ0) is 17.3. The minimum absolute atomic E-state index is 0.0929. The van der Waals surface area contributed by atoms with Crippen molar-refractivity contribution in [1.82, 2.24) is 0 Å². The first-order valence-corrected chi connectivity index (χ1v) is 7.96. The standard InChI is InChI=1S/C21H19N3/c1-21(2,3)17-8-10-18(11-9-17)24-14-15-6-4-5-7-19(15)20(24)16(12-22)13-23/h4-11H,14H2,1-3H3. The molecule has 0 atom stereocenters. The highest BCUT2D eigenvalue weighted by molar-refractivity contribution is 5.90. The van der Waals surface area contributed by atoms with Gasteiger partial charge in [0.1, 0.15) is 12.1 Å². The second kappa shape index (κ2) is 5.87. The highest BCUT2D eigenvalue weighted by Crippen LogP contribution is 2.39. The fraction of sp³-hybridized carbons (Fsp3) is 0.238. The number of fused-ring (bicyclic) bond motifs is 1. The summed E-state index contributed by atoms with van der Waals surface area (Å²) in [5.74, 6) is 0. The van der Waals surface area contributed by atoms with Gasteiger partial charge >= 0.3 is 0 Å². The minimum Gasteiger partial charge on any atom is -0.335 e. The van der Waals surface area contributed by atoms with Gasteiger partial charge in [-0.25, -0.2) is 0 Å². The van der Waals surface area contributed by atoms with Crippen LogP contribution in [0.5, 0.6) is 0 Å². The Balaban J connectivity index is 2.10. The van der Waals surface area contributed by atoms with Gasteiger partial charge in [-0.1, -0.05) is 57.2 Å². The van der Waals surface area contributed by atoms with Crippen molar-refractivity contribution in [2.45, 2.75) is 32.7 Å². The van der Waals surface area contributed by atoms with Crippen molar-refractivity contribution in [2.75, 3.05) is 4.90 Å². The van der Waals surface area contributed by atoms with Crippen LogP contribution in [0.15, 0.2) is 54.1 Å². The van der Waals surface area contributed by atoms with E-state index in [1.807, 2.05) is 36.4 Å². The lowest BCUT2D eigenvalue weighted by molar-refractivity contribution is 0.590. The Morgan fingerprint density at radius 2 is 1.58 bits per heavy atom. The molecule has 0 fully saturated rings. The van der Waals surface area contributed by atoms with Crippen LogP contribution >= 0.6 is 0 Å². The summed E-state index contributed by atoms with van der Waals surface area (Å²) in [6, 6.07) is 20.4. The van der Waals surface area contributed by atoms with Crippen LogP contribution < -0.4 is 4.90 Å². The third-order valence-corrected chi connectivity index (χ3v) is 4.38. The average molecular weight is 313 g/mol. The minimum atomic E-state index is 0.0929. The molecule has 1 heterocycles. The lowest BCUT2D eigenvalue weighted by Gasteiger charge is -2.23. The fourth-order valence-electron chi connectivity index (χ4n) is 3.05. The molecule has 0 radical (unpaired) electrons. The van der Waals surface area contributed by atoms with E-state index in [2.05, 4.69) is 49.9 Å². The van der Waals surface area contributed by atoms with Crippen molar-refractivity contribution in [2.24, 2.45) is 0 Å². The smallest absolute Gasteiger partial charge is 0.153 e. The second-order valence-electron chi connectivity index (χ2n) is 6.99. The van der Waals surface area contributed by atoms with Gasteiger partial charge in [-0.05, 0) is 28.7 Å². The number of rotatable bonds is 1. The Labute approximate surface area is 143 Å². The summed E-state index contributed by atoms with van der Waals surface area (Å²) in [6.07, 6.45) is 0. The summed E-state index contributed by atoms with van der Waals surface area (Å²) in [4.78, 5) is 2.05. The highest BCUT2D eigenvalue weighted by atomic mass is 15.2. The van der Waals surface area contributed by atoms with E-state index < -0.39 is 0 Å². The van der Waals surface area contributed by atoms with Crippen molar-refractivity contribution in [3.05, 3.63) is 70.8 Å². The summed E-state index contributed by atoms with van der Waals surface area (Å²) >= 11 is 0. The molecule has 24 heavy (non-hydrogen) atoms. The molecule has 2 aromatic carbocycles. The molecule has 0 aliphatic carbocycles. The largest absolute Gasteiger partial charge is 0.335 e. The van der Waals surface area contributed by atoms with Crippen molar-refractivity contribution in [3.8, 4) is 12.1 Å². The van der Waals surface area contributed by atoms with Crippen LogP contribution in [-0.4, -0.2) is 0 Å². The molecule has 0 spiro atoms. The molecular formula is C21H19N3. The molecular weight excluding hydrogens is 294 g/mol. The maximum Gasteiger partial charge on any atom is 0.153 e. The molecule has 3 heteroatoms. The van der Waals surface area contributed by atoms with Crippen LogP contribution in [0.3, 0.4) is 0 Å². The molecule has 0 saturated carbocycles. The molecule has 3 nitrogen and oxygen atoms in total. The predicted molar refractivity (Wildman–Crippen MR) is 95.9 cm³/mol. The SMILES string of the molecule is CC(C)(C)c1ccc(N2Cc3ccccc3C2=C(C#N)C#N)cc1. The topological polar surface area (TPSA) is 50.8 Å². The van der Waals surface area contributed by atoms with Crippen molar-refractivity contribution >= 4 is 11.4 Å². The van der Waals surface area contributed by atoms with E-state index >= 15 is 0 Å². The third-order valence-electron chi connectivity index (χ3n) is 4.38. The first-order chi connectivity index (χ1) is 11.5. The van der Waals surface area contributed by atoms with Crippen LogP contribution in [-0.2, 0) is 12.0 Å². The second-order valence-corrected chi connectivity index (χ2v) is 6.99. The van der Waals surface area contributed by atoms with Crippen LogP contribution in [0.1, 0.15) is 37.5 Å². The van der Waals surface area contributed by atoms with Gasteiger partial charge in [-0.3, -0.25) is 0 Å². The summed E-state index contributed by atoms with van der Waals surface area (Å²) in [5, 5.41) is 18.7. The van der Waals surface area contributed by atoms with Crippen LogP contribution in [0, 0.1) is 22.7 Å². The van der Waals surface area contributed by atoms with E-state index in [-0.39, 0.29) is 11.0 Å². The number of allylic oxidation sites excluding steroid dienone is 1.